The Hall–Kier alpha value is -1.24. The van der Waals surface area contributed by atoms with Gasteiger partial charge in [0.05, 0.1) is 0 Å². The second kappa shape index (κ2) is 3.44. The molecule has 1 aromatic rings. The Balaban J connectivity index is 3.11. The molecule has 1 heteroatoms. The minimum absolute atomic E-state index is 0.155. The second-order valence-corrected chi connectivity index (χ2v) is 3.05. The highest BCUT2D eigenvalue weighted by molar-refractivity contribution is 5.42. The normalized spacial score (nSPS) is 9.83. The van der Waals surface area contributed by atoms with Gasteiger partial charge in [0.15, 0.2) is 5.75 Å². The van der Waals surface area contributed by atoms with Gasteiger partial charge in [-0.2, -0.15) is 0 Å². The third-order valence-corrected chi connectivity index (χ3v) is 1.90. The van der Waals surface area contributed by atoms with E-state index in [1.54, 1.807) is 0 Å². The summed E-state index contributed by atoms with van der Waals surface area (Å²) in [5.41, 5.74) is 2.82. The van der Waals surface area contributed by atoms with Crippen molar-refractivity contribution in [1.82, 2.24) is 0 Å². The molecule has 0 aromatic heterocycles. The molecule has 0 unspecified atom stereocenters. The van der Waals surface area contributed by atoms with Gasteiger partial charge in [-0.1, -0.05) is 18.2 Å². The van der Waals surface area contributed by atoms with Gasteiger partial charge in [0.25, 0.3) is 0 Å². The molecule has 1 radical (unpaired) electrons. The highest BCUT2D eigenvalue weighted by atomic mass is 16.3. The van der Waals surface area contributed by atoms with Gasteiger partial charge in [0, 0.05) is 0 Å². The molecule has 1 rings (SSSR count). The lowest BCUT2D eigenvalue weighted by molar-refractivity contribution is 0.348. The standard InChI is InChI=1S/C11H13O/c1-4-5-10-6-8(2)11(12)9(3)7-10/h4,6-7H,1,5H2,2-3H3. The van der Waals surface area contributed by atoms with Crippen molar-refractivity contribution in [3.63, 3.8) is 0 Å². The van der Waals surface area contributed by atoms with E-state index >= 15 is 0 Å². The maximum Gasteiger partial charge on any atom is 0.184 e. The zero-order valence-corrected chi connectivity index (χ0v) is 7.55. The molecule has 12 heavy (non-hydrogen) atoms. The smallest absolute Gasteiger partial charge is 0.184 e. The molecule has 1 nitrogen and oxygen atoms in total. The van der Waals surface area contributed by atoms with Crippen LogP contribution in [-0.2, 0) is 11.5 Å². The van der Waals surface area contributed by atoms with Crippen molar-refractivity contribution < 1.29 is 5.11 Å². The molecule has 0 heterocycles. The third kappa shape index (κ3) is 1.67. The molecule has 0 bridgehead atoms. The van der Waals surface area contributed by atoms with Gasteiger partial charge in [0.1, 0.15) is 0 Å². The molecule has 63 valence electrons. The van der Waals surface area contributed by atoms with Crippen LogP contribution in [0.1, 0.15) is 16.7 Å². The Morgan fingerprint density at radius 1 is 1.33 bits per heavy atom. The van der Waals surface area contributed by atoms with E-state index < -0.39 is 0 Å². The zero-order valence-electron chi connectivity index (χ0n) is 7.55. The molecule has 0 N–H and O–H groups in total. The minimum Gasteiger partial charge on any atom is -0.289 e. The van der Waals surface area contributed by atoms with Crippen LogP contribution in [0.4, 0.5) is 0 Å². The van der Waals surface area contributed by atoms with Gasteiger partial charge in [0.2, 0.25) is 0 Å². The molecule has 0 fully saturated rings. The first-order valence-electron chi connectivity index (χ1n) is 4.03. The molecule has 0 spiro atoms. The Labute approximate surface area is 73.4 Å². The number of hydrogen-bond donors (Lipinski definition) is 0. The monoisotopic (exact) mass is 161 g/mol. The van der Waals surface area contributed by atoms with E-state index in [-0.39, 0.29) is 5.75 Å². The van der Waals surface area contributed by atoms with Crippen LogP contribution in [0.5, 0.6) is 5.75 Å². The molecule has 0 saturated heterocycles. The van der Waals surface area contributed by atoms with E-state index in [0.717, 1.165) is 17.5 Å². The van der Waals surface area contributed by atoms with E-state index in [1.807, 2.05) is 32.1 Å². The highest BCUT2D eigenvalue weighted by Gasteiger charge is 2.03. The zero-order chi connectivity index (χ0) is 9.14. The molecule has 0 amide bonds. The Bertz CT molecular complexity index is 277. The summed E-state index contributed by atoms with van der Waals surface area (Å²) in [6.07, 6.45) is 2.68. The summed E-state index contributed by atoms with van der Waals surface area (Å²) in [5.74, 6) is 0.155. The first kappa shape index (κ1) is 8.85. The fourth-order valence-electron chi connectivity index (χ4n) is 1.32. The maximum atomic E-state index is 11.3. The van der Waals surface area contributed by atoms with Crippen LogP contribution < -0.4 is 0 Å². The summed E-state index contributed by atoms with van der Waals surface area (Å²) in [4.78, 5) is 0. The predicted molar refractivity (Wildman–Crippen MR) is 49.9 cm³/mol. The summed E-state index contributed by atoms with van der Waals surface area (Å²) >= 11 is 0. The number of benzene rings is 1. The van der Waals surface area contributed by atoms with Crippen LogP contribution >= 0.6 is 0 Å². The minimum atomic E-state index is 0.155. The highest BCUT2D eigenvalue weighted by Crippen LogP contribution is 2.23. The summed E-state index contributed by atoms with van der Waals surface area (Å²) in [6.45, 7) is 7.36. The van der Waals surface area contributed by atoms with E-state index in [9.17, 15) is 5.11 Å². The third-order valence-electron chi connectivity index (χ3n) is 1.90. The molecule has 0 aliphatic rings. The molecular formula is C11H13O. The lowest BCUT2D eigenvalue weighted by Gasteiger charge is -2.03. The van der Waals surface area contributed by atoms with E-state index in [0.29, 0.717) is 0 Å². The van der Waals surface area contributed by atoms with Crippen molar-refractivity contribution >= 4 is 0 Å². The van der Waals surface area contributed by atoms with E-state index in [4.69, 9.17) is 0 Å². The second-order valence-electron chi connectivity index (χ2n) is 3.05. The first-order valence-corrected chi connectivity index (χ1v) is 4.03. The summed E-state index contributed by atoms with van der Waals surface area (Å²) < 4.78 is 0. The van der Waals surface area contributed by atoms with Crippen LogP contribution in [0, 0.1) is 13.8 Å². The average molecular weight is 161 g/mol. The number of rotatable bonds is 2. The van der Waals surface area contributed by atoms with Crippen LogP contribution in [-0.4, -0.2) is 0 Å². The van der Waals surface area contributed by atoms with Crippen molar-refractivity contribution in [2.45, 2.75) is 20.3 Å². The summed E-state index contributed by atoms with van der Waals surface area (Å²) in [6, 6.07) is 3.86. The molecule has 0 aliphatic heterocycles. The topological polar surface area (TPSA) is 19.9 Å². The molecule has 1 aromatic carbocycles. The van der Waals surface area contributed by atoms with Crippen molar-refractivity contribution in [2.75, 3.05) is 0 Å². The molecule has 0 saturated carbocycles. The van der Waals surface area contributed by atoms with Crippen molar-refractivity contribution in [3.8, 4) is 5.75 Å². The van der Waals surface area contributed by atoms with Crippen molar-refractivity contribution in [2.24, 2.45) is 0 Å². The van der Waals surface area contributed by atoms with E-state index in [2.05, 4.69) is 6.58 Å². The van der Waals surface area contributed by atoms with Gasteiger partial charge in [-0.3, -0.25) is 5.11 Å². The Morgan fingerprint density at radius 3 is 2.25 bits per heavy atom. The van der Waals surface area contributed by atoms with Crippen molar-refractivity contribution in [3.05, 3.63) is 41.5 Å². The van der Waals surface area contributed by atoms with Crippen LogP contribution in [0.15, 0.2) is 24.8 Å². The molecule has 0 atom stereocenters. The van der Waals surface area contributed by atoms with Gasteiger partial charge >= 0.3 is 0 Å². The maximum absolute atomic E-state index is 11.3. The fourth-order valence-corrected chi connectivity index (χ4v) is 1.32. The number of allylic oxidation sites excluding steroid dienone is 1. The van der Waals surface area contributed by atoms with Gasteiger partial charge in [-0.25, -0.2) is 0 Å². The van der Waals surface area contributed by atoms with Crippen molar-refractivity contribution in [1.29, 1.82) is 0 Å². The average Bonchev–Trinajstić information content (AvgIpc) is 2.01. The lowest BCUT2D eigenvalue weighted by Crippen LogP contribution is -1.86. The fraction of sp³-hybridized carbons (Fsp3) is 0.273. The summed E-state index contributed by atoms with van der Waals surface area (Å²) in [7, 11) is 0. The van der Waals surface area contributed by atoms with Gasteiger partial charge in [-0.15, -0.1) is 6.58 Å². The number of aryl methyl sites for hydroxylation is 2. The Kier molecular flexibility index (Phi) is 2.54. The quantitative estimate of drug-likeness (QED) is 0.594. The summed E-state index contributed by atoms with van der Waals surface area (Å²) in [5, 5.41) is 11.3. The molecule has 0 aliphatic carbocycles. The number of hydrogen-bond acceptors (Lipinski definition) is 0. The molecular weight excluding hydrogens is 148 g/mol. The van der Waals surface area contributed by atoms with Crippen LogP contribution in [0.25, 0.3) is 0 Å². The lowest BCUT2D eigenvalue weighted by atomic mass is 10.0. The van der Waals surface area contributed by atoms with Gasteiger partial charge in [-0.05, 0) is 37.0 Å². The first-order chi connectivity index (χ1) is 5.65. The predicted octanol–water partition coefficient (Wildman–Crippen LogP) is 3.18. The van der Waals surface area contributed by atoms with Crippen LogP contribution in [0.2, 0.25) is 0 Å². The SMILES string of the molecule is C=CCc1cc(C)c([O])c(C)c1. The largest absolute Gasteiger partial charge is 0.289 e. The van der Waals surface area contributed by atoms with Gasteiger partial charge < -0.3 is 0 Å². The van der Waals surface area contributed by atoms with E-state index in [1.165, 1.54) is 5.56 Å². The Morgan fingerprint density at radius 2 is 1.83 bits per heavy atom. The van der Waals surface area contributed by atoms with Crippen LogP contribution in [0.3, 0.4) is 0 Å².